The number of nitrogens with one attached hydrogen (secondary N) is 2. The quantitative estimate of drug-likeness (QED) is 0.619. The van der Waals surface area contributed by atoms with Gasteiger partial charge in [-0.15, -0.1) is 0 Å². The van der Waals surface area contributed by atoms with E-state index in [0.29, 0.717) is 17.0 Å². The summed E-state index contributed by atoms with van der Waals surface area (Å²) in [5.74, 6) is -0.917. The van der Waals surface area contributed by atoms with Gasteiger partial charge in [-0.3, -0.25) is 9.59 Å². The molecule has 0 spiro atoms. The normalized spacial score (nSPS) is 10.9. The minimum Gasteiger partial charge on any atom is -0.497 e. The molecule has 3 rings (SSSR count). The van der Waals surface area contributed by atoms with Gasteiger partial charge in [0.25, 0.3) is 11.8 Å². The van der Waals surface area contributed by atoms with E-state index in [1.165, 1.54) is 18.2 Å². The van der Waals surface area contributed by atoms with Crippen LogP contribution in [-0.4, -0.2) is 18.9 Å². The molecule has 2 N–H and O–H groups in total. The molecule has 0 bridgehead atoms. The highest BCUT2D eigenvalue weighted by Crippen LogP contribution is 2.17. The summed E-state index contributed by atoms with van der Waals surface area (Å²) in [4.78, 5) is 25.3. The standard InChI is InChI=1S/C23H19FN2O3/c1-29-19-13-11-18(12-14-19)25-23(28)21(15-17-9-5-6-10-20(17)24)26-22(27)16-7-3-2-4-8-16/h2-15H,1H3,(H,25,28)(H,26,27). The van der Waals surface area contributed by atoms with Crippen LogP contribution in [0.2, 0.25) is 0 Å². The Balaban J connectivity index is 1.88. The molecule has 0 heterocycles. The van der Waals surface area contributed by atoms with Crippen LogP contribution in [0.1, 0.15) is 15.9 Å². The Morgan fingerprint density at radius 2 is 1.55 bits per heavy atom. The van der Waals surface area contributed by atoms with Crippen LogP contribution in [-0.2, 0) is 4.79 Å². The van der Waals surface area contributed by atoms with Crippen molar-refractivity contribution in [2.24, 2.45) is 0 Å². The van der Waals surface area contributed by atoms with E-state index < -0.39 is 17.6 Å². The molecule has 0 atom stereocenters. The molecule has 3 aromatic rings. The molecule has 6 heteroatoms. The smallest absolute Gasteiger partial charge is 0.272 e. The molecule has 2 amide bonds. The first-order valence-corrected chi connectivity index (χ1v) is 8.85. The average Bonchev–Trinajstić information content (AvgIpc) is 2.75. The summed E-state index contributed by atoms with van der Waals surface area (Å²) in [7, 11) is 1.54. The minimum absolute atomic E-state index is 0.0835. The number of carbonyl (C=O) groups excluding carboxylic acids is 2. The van der Waals surface area contributed by atoms with Crippen molar-refractivity contribution in [3.05, 3.63) is 102 Å². The fraction of sp³-hybridized carbons (Fsp3) is 0.0435. The molecule has 0 aliphatic carbocycles. The van der Waals surface area contributed by atoms with Gasteiger partial charge in [-0.1, -0.05) is 36.4 Å². The monoisotopic (exact) mass is 390 g/mol. The van der Waals surface area contributed by atoms with Crippen molar-refractivity contribution in [1.82, 2.24) is 5.32 Å². The third-order valence-corrected chi connectivity index (χ3v) is 4.08. The van der Waals surface area contributed by atoms with Crippen molar-refractivity contribution < 1.29 is 18.7 Å². The molecular formula is C23H19FN2O3. The first-order chi connectivity index (χ1) is 14.1. The number of hydrogen-bond donors (Lipinski definition) is 2. The fourth-order valence-electron chi connectivity index (χ4n) is 2.56. The van der Waals surface area contributed by atoms with Gasteiger partial charge in [-0.05, 0) is 48.5 Å². The molecule has 0 aliphatic heterocycles. The highest BCUT2D eigenvalue weighted by Gasteiger charge is 2.16. The number of methoxy groups -OCH3 is 1. The molecule has 146 valence electrons. The number of anilines is 1. The van der Waals surface area contributed by atoms with E-state index in [0.717, 1.165) is 0 Å². The van der Waals surface area contributed by atoms with Crippen LogP contribution in [0, 0.1) is 5.82 Å². The summed E-state index contributed by atoms with van der Waals surface area (Å²) < 4.78 is 19.2. The highest BCUT2D eigenvalue weighted by atomic mass is 19.1. The van der Waals surface area contributed by atoms with Gasteiger partial charge in [0.2, 0.25) is 0 Å². The Morgan fingerprint density at radius 3 is 2.21 bits per heavy atom. The third kappa shape index (κ3) is 5.29. The van der Waals surface area contributed by atoms with E-state index in [9.17, 15) is 14.0 Å². The van der Waals surface area contributed by atoms with Crippen LogP contribution in [0.5, 0.6) is 5.75 Å². The lowest BCUT2D eigenvalue weighted by atomic mass is 10.1. The Bertz CT molecular complexity index is 1030. The largest absolute Gasteiger partial charge is 0.497 e. The second-order valence-corrected chi connectivity index (χ2v) is 6.08. The Kier molecular flexibility index (Phi) is 6.37. The van der Waals surface area contributed by atoms with Crippen LogP contribution < -0.4 is 15.4 Å². The van der Waals surface area contributed by atoms with Gasteiger partial charge in [-0.2, -0.15) is 0 Å². The molecule has 0 saturated heterocycles. The molecule has 29 heavy (non-hydrogen) atoms. The molecule has 0 aliphatic rings. The summed E-state index contributed by atoms with van der Waals surface area (Å²) in [6, 6.07) is 21.2. The van der Waals surface area contributed by atoms with Crippen molar-refractivity contribution in [1.29, 1.82) is 0 Å². The minimum atomic E-state index is -0.581. The maximum atomic E-state index is 14.1. The topological polar surface area (TPSA) is 67.4 Å². The first kappa shape index (κ1) is 19.8. The van der Waals surface area contributed by atoms with Crippen LogP contribution in [0.25, 0.3) is 6.08 Å². The van der Waals surface area contributed by atoms with Gasteiger partial charge in [0.1, 0.15) is 17.3 Å². The average molecular weight is 390 g/mol. The molecule has 0 saturated carbocycles. The summed E-state index contributed by atoms with van der Waals surface area (Å²) >= 11 is 0. The predicted octanol–water partition coefficient (Wildman–Crippen LogP) is 4.24. The maximum Gasteiger partial charge on any atom is 0.272 e. The Hall–Kier alpha value is -3.93. The fourth-order valence-corrected chi connectivity index (χ4v) is 2.56. The number of halogens is 1. The van der Waals surface area contributed by atoms with E-state index in [1.54, 1.807) is 73.8 Å². The molecule has 0 radical (unpaired) electrons. The summed E-state index contributed by atoms with van der Waals surface area (Å²) in [5.41, 5.74) is 0.980. The van der Waals surface area contributed by atoms with Crippen LogP contribution in [0.15, 0.2) is 84.6 Å². The van der Waals surface area contributed by atoms with Crippen molar-refractivity contribution >= 4 is 23.6 Å². The second-order valence-electron chi connectivity index (χ2n) is 6.08. The summed E-state index contributed by atoms with van der Waals surface area (Å²) in [6.07, 6.45) is 1.30. The van der Waals surface area contributed by atoms with Crippen molar-refractivity contribution in [3.8, 4) is 5.75 Å². The molecule has 3 aromatic carbocycles. The first-order valence-electron chi connectivity index (χ1n) is 8.85. The van der Waals surface area contributed by atoms with E-state index >= 15 is 0 Å². The number of hydrogen-bond acceptors (Lipinski definition) is 3. The summed E-state index contributed by atoms with van der Waals surface area (Å²) in [5, 5.41) is 5.26. The van der Waals surface area contributed by atoms with Crippen LogP contribution in [0.3, 0.4) is 0 Å². The molecule has 0 aromatic heterocycles. The van der Waals surface area contributed by atoms with Crippen molar-refractivity contribution in [3.63, 3.8) is 0 Å². The zero-order valence-corrected chi connectivity index (χ0v) is 15.7. The number of carbonyl (C=O) groups is 2. The molecule has 0 fully saturated rings. The van der Waals surface area contributed by atoms with Crippen molar-refractivity contribution in [2.45, 2.75) is 0 Å². The lowest BCUT2D eigenvalue weighted by Crippen LogP contribution is -2.30. The van der Waals surface area contributed by atoms with Crippen LogP contribution >= 0.6 is 0 Å². The van der Waals surface area contributed by atoms with Gasteiger partial charge in [-0.25, -0.2) is 4.39 Å². The molecule has 5 nitrogen and oxygen atoms in total. The number of rotatable bonds is 6. The van der Waals surface area contributed by atoms with Gasteiger partial charge in [0.05, 0.1) is 7.11 Å². The third-order valence-electron chi connectivity index (χ3n) is 4.08. The van der Waals surface area contributed by atoms with Gasteiger partial charge in [0, 0.05) is 16.8 Å². The Morgan fingerprint density at radius 1 is 0.897 bits per heavy atom. The maximum absolute atomic E-state index is 14.1. The van der Waals surface area contributed by atoms with E-state index in [4.69, 9.17) is 4.74 Å². The van der Waals surface area contributed by atoms with Gasteiger partial charge in [0.15, 0.2) is 0 Å². The van der Waals surface area contributed by atoms with E-state index in [2.05, 4.69) is 10.6 Å². The zero-order chi connectivity index (χ0) is 20.6. The second kappa shape index (κ2) is 9.32. The van der Waals surface area contributed by atoms with Gasteiger partial charge < -0.3 is 15.4 Å². The SMILES string of the molecule is COc1ccc(NC(=O)C(=Cc2ccccc2F)NC(=O)c2ccccc2)cc1. The lowest BCUT2D eigenvalue weighted by molar-refractivity contribution is -0.113. The Labute approximate surface area is 167 Å². The van der Waals surface area contributed by atoms with Crippen molar-refractivity contribution in [2.75, 3.05) is 12.4 Å². The number of benzene rings is 3. The molecule has 0 unspecified atom stereocenters. The number of ether oxygens (including phenoxy) is 1. The molecular weight excluding hydrogens is 371 g/mol. The van der Waals surface area contributed by atoms with E-state index in [-0.39, 0.29) is 11.3 Å². The number of amides is 2. The highest BCUT2D eigenvalue weighted by molar-refractivity contribution is 6.10. The van der Waals surface area contributed by atoms with Crippen LogP contribution in [0.4, 0.5) is 10.1 Å². The van der Waals surface area contributed by atoms with Gasteiger partial charge >= 0.3 is 0 Å². The summed E-state index contributed by atoms with van der Waals surface area (Å²) in [6.45, 7) is 0. The zero-order valence-electron chi connectivity index (χ0n) is 15.7. The van der Waals surface area contributed by atoms with E-state index in [1.807, 2.05) is 0 Å². The lowest BCUT2D eigenvalue weighted by Gasteiger charge is -2.12. The predicted molar refractivity (Wildman–Crippen MR) is 110 cm³/mol.